The van der Waals surface area contributed by atoms with Crippen molar-refractivity contribution >= 4 is 11.9 Å². The van der Waals surface area contributed by atoms with Crippen LogP contribution in [0.3, 0.4) is 0 Å². The lowest BCUT2D eigenvalue weighted by Crippen LogP contribution is -2.49. The van der Waals surface area contributed by atoms with E-state index in [0.717, 1.165) is 19.3 Å². The molecule has 20 heavy (non-hydrogen) atoms. The fourth-order valence-corrected chi connectivity index (χ4v) is 2.10. The Hall–Kier alpha value is -1.10. The third kappa shape index (κ3) is 7.48. The van der Waals surface area contributed by atoms with Crippen molar-refractivity contribution in [2.45, 2.75) is 66.0 Å². The van der Waals surface area contributed by atoms with Crippen LogP contribution in [0.15, 0.2) is 0 Å². The molecule has 1 N–H and O–H groups in total. The molecule has 2 atom stereocenters. The fraction of sp³-hybridized carbons (Fsp3) is 0.867. The predicted molar refractivity (Wildman–Crippen MR) is 80.5 cm³/mol. The van der Waals surface area contributed by atoms with Gasteiger partial charge in [0.2, 0.25) is 5.91 Å². The normalized spacial score (nSPS) is 13.9. The summed E-state index contributed by atoms with van der Waals surface area (Å²) in [5.41, 5.74) is 0. The highest BCUT2D eigenvalue weighted by Crippen LogP contribution is 2.04. The Morgan fingerprint density at radius 2 is 1.80 bits per heavy atom. The summed E-state index contributed by atoms with van der Waals surface area (Å²) in [6.45, 7) is 11.0. The van der Waals surface area contributed by atoms with Gasteiger partial charge < -0.3 is 10.1 Å². The van der Waals surface area contributed by atoms with Crippen LogP contribution < -0.4 is 5.32 Å². The van der Waals surface area contributed by atoms with Crippen molar-refractivity contribution in [3.63, 3.8) is 0 Å². The molecule has 0 bridgehead atoms. The highest BCUT2D eigenvalue weighted by Gasteiger charge is 2.24. The number of nitrogens with one attached hydrogen (secondary N) is 1. The van der Waals surface area contributed by atoms with E-state index in [1.54, 1.807) is 6.92 Å². The lowest BCUT2D eigenvalue weighted by atomic mass is 10.1. The first kappa shape index (κ1) is 18.9. The third-order valence-electron chi connectivity index (χ3n) is 3.19. The zero-order valence-electron chi connectivity index (χ0n) is 13.6. The van der Waals surface area contributed by atoms with Crippen molar-refractivity contribution in [2.24, 2.45) is 0 Å². The molecule has 5 nitrogen and oxygen atoms in total. The summed E-state index contributed by atoms with van der Waals surface area (Å²) in [5, 5.41) is 2.99. The zero-order chi connectivity index (χ0) is 15.5. The van der Waals surface area contributed by atoms with Gasteiger partial charge in [0.05, 0.1) is 19.2 Å². The van der Waals surface area contributed by atoms with Crippen LogP contribution in [0.25, 0.3) is 0 Å². The Morgan fingerprint density at radius 3 is 2.30 bits per heavy atom. The second-order valence-corrected chi connectivity index (χ2v) is 5.15. The van der Waals surface area contributed by atoms with Crippen molar-refractivity contribution in [2.75, 3.05) is 19.7 Å². The molecular formula is C15H30N2O3. The first-order valence-electron chi connectivity index (χ1n) is 7.66. The molecular weight excluding hydrogens is 256 g/mol. The summed E-state index contributed by atoms with van der Waals surface area (Å²) in [4.78, 5) is 25.6. The van der Waals surface area contributed by atoms with E-state index < -0.39 is 0 Å². The first-order chi connectivity index (χ1) is 9.46. The van der Waals surface area contributed by atoms with Gasteiger partial charge in [-0.2, -0.15) is 0 Å². The Kier molecular flexibility index (Phi) is 10.1. The number of carbonyl (C=O) groups excluding carboxylic acids is 2. The van der Waals surface area contributed by atoms with Crippen molar-refractivity contribution in [1.82, 2.24) is 10.2 Å². The monoisotopic (exact) mass is 286 g/mol. The second kappa shape index (κ2) is 10.7. The number of esters is 1. The maximum absolute atomic E-state index is 12.2. The molecule has 1 amide bonds. The van der Waals surface area contributed by atoms with Gasteiger partial charge in [0.25, 0.3) is 0 Å². The van der Waals surface area contributed by atoms with Crippen LogP contribution in [0, 0.1) is 0 Å². The molecule has 0 radical (unpaired) electrons. The second-order valence-electron chi connectivity index (χ2n) is 5.15. The van der Waals surface area contributed by atoms with Crippen molar-refractivity contribution in [1.29, 1.82) is 0 Å². The SMILES string of the molecule is CCCC(C)NC(=O)C(C)N(CCC)CC(=O)OCC. The predicted octanol–water partition coefficient (Wildman–Crippen LogP) is 1.95. The molecule has 0 aromatic rings. The fourth-order valence-electron chi connectivity index (χ4n) is 2.10. The number of rotatable bonds is 10. The summed E-state index contributed by atoms with van der Waals surface area (Å²) in [6, 6.07) is -0.153. The first-order valence-corrected chi connectivity index (χ1v) is 7.66. The molecule has 0 aromatic carbocycles. The molecule has 0 heterocycles. The largest absolute Gasteiger partial charge is 0.465 e. The quantitative estimate of drug-likeness (QED) is 0.624. The van der Waals surface area contributed by atoms with Crippen LogP contribution >= 0.6 is 0 Å². The van der Waals surface area contributed by atoms with Crippen molar-refractivity contribution in [3.8, 4) is 0 Å². The van der Waals surface area contributed by atoms with Crippen LogP contribution in [-0.4, -0.2) is 48.6 Å². The summed E-state index contributed by atoms with van der Waals surface area (Å²) >= 11 is 0. The Balaban J connectivity index is 4.49. The van der Waals surface area contributed by atoms with E-state index in [0.29, 0.717) is 13.2 Å². The minimum absolute atomic E-state index is 0.0244. The lowest BCUT2D eigenvalue weighted by molar-refractivity contribution is -0.145. The summed E-state index contributed by atoms with van der Waals surface area (Å²) in [7, 11) is 0. The molecule has 0 rings (SSSR count). The number of carbonyl (C=O) groups is 2. The maximum Gasteiger partial charge on any atom is 0.320 e. The number of hydrogen-bond acceptors (Lipinski definition) is 4. The van der Waals surface area contributed by atoms with Gasteiger partial charge >= 0.3 is 5.97 Å². The summed E-state index contributed by atoms with van der Waals surface area (Å²) < 4.78 is 4.96. The topological polar surface area (TPSA) is 58.6 Å². The van der Waals surface area contributed by atoms with Gasteiger partial charge in [0.15, 0.2) is 0 Å². The maximum atomic E-state index is 12.2. The molecule has 5 heteroatoms. The van der Waals surface area contributed by atoms with Gasteiger partial charge in [-0.05, 0) is 40.2 Å². The molecule has 0 saturated heterocycles. The minimum Gasteiger partial charge on any atom is -0.465 e. The van der Waals surface area contributed by atoms with E-state index in [1.807, 2.05) is 25.7 Å². The van der Waals surface area contributed by atoms with E-state index in [2.05, 4.69) is 12.2 Å². The summed E-state index contributed by atoms with van der Waals surface area (Å²) in [6.07, 6.45) is 2.89. The molecule has 0 spiro atoms. The van der Waals surface area contributed by atoms with Crippen LogP contribution in [-0.2, 0) is 14.3 Å². The summed E-state index contributed by atoms with van der Waals surface area (Å²) in [5.74, 6) is -0.300. The Labute approximate surface area is 123 Å². The number of amides is 1. The van der Waals surface area contributed by atoms with Crippen molar-refractivity contribution < 1.29 is 14.3 Å². The standard InChI is InChI=1S/C15H30N2O3/c1-6-9-12(4)16-15(19)13(5)17(10-7-2)11-14(18)20-8-3/h12-13H,6-11H2,1-5H3,(H,16,19). The lowest BCUT2D eigenvalue weighted by Gasteiger charge is -2.28. The zero-order valence-corrected chi connectivity index (χ0v) is 13.6. The number of ether oxygens (including phenoxy) is 1. The molecule has 0 aromatic heterocycles. The molecule has 0 aliphatic carbocycles. The van der Waals surface area contributed by atoms with Gasteiger partial charge in [-0.15, -0.1) is 0 Å². The third-order valence-corrected chi connectivity index (χ3v) is 3.19. The molecule has 0 aliphatic heterocycles. The van der Waals surface area contributed by atoms with Crippen LogP contribution in [0.4, 0.5) is 0 Å². The van der Waals surface area contributed by atoms with E-state index in [9.17, 15) is 9.59 Å². The van der Waals surface area contributed by atoms with Gasteiger partial charge in [-0.1, -0.05) is 20.3 Å². The highest BCUT2D eigenvalue weighted by atomic mass is 16.5. The molecule has 0 saturated carbocycles. The number of hydrogen-bond donors (Lipinski definition) is 1. The van der Waals surface area contributed by atoms with E-state index in [-0.39, 0.29) is 30.5 Å². The van der Waals surface area contributed by atoms with Gasteiger partial charge in [-0.25, -0.2) is 0 Å². The molecule has 0 fully saturated rings. The molecule has 118 valence electrons. The van der Waals surface area contributed by atoms with Gasteiger partial charge in [-0.3, -0.25) is 14.5 Å². The van der Waals surface area contributed by atoms with E-state index >= 15 is 0 Å². The van der Waals surface area contributed by atoms with Gasteiger partial charge in [0, 0.05) is 6.04 Å². The average molecular weight is 286 g/mol. The Bertz CT molecular complexity index is 295. The van der Waals surface area contributed by atoms with E-state index in [1.165, 1.54) is 0 Å². The molecule has 0 aliphatic rings. The molecule has 2 unspecified atom stereocenters. The minimum atomic E-state index is -0.321. The van der Waals surface area contributed by atoms with Crippen LogP contribution in [0.2, 0.25) is 0 Å². The van der Waals surface area contributed by atoms with E-state index in [4.69, 9.17) is 4.74 Å². The van der Waals surface area contributed by atoms with Gasteiger partial charge in [0.1, 0.15) is 0 Å². The Morgan fingerprint density at radius 1 is 1.15 bits per heavy atom. The smallest absolute Gasteiger partial charge is 0.320 e. The average Bonchev–Trinajstić information content (AvgIpc) is 2.37. The highest BCUT2D eigenvalue weighted by molar-refractivity contribution is 5.82. The number of nitrogens with zero attached hydrogens (tertiary/aromatic N) is 1. The van der Waals surface area contributed by atoms with Crippen LogP contribution in [0.1, 0.15) is 53.9 Å². The van der Waals surface area contributed by atoms with Crippen molar-refractivity contribution in [3.05, 3.63) is 0 Å². The van der Waals surface area contributed by atoms with Crippen LogP contribution in [0.5, 0.6) is 0 Å².